The first-order valence-electron chi connectivity index (χ1n) is 4.13. The lowest BCUT2D eigenvalue weighted by molar-refractivity contribution is -0.132. The fourth-order valence-corrected chi connectivity index (χ4v) is 1.08. The van der Waals surface area contributed by atoms with Gasteiger partial charge >= 0.3 is 0 Å². The van der Waals surface area contributed by atoms with Gasteiger partial charge in [-0.1, -0.05) is 30.3 Å². The van der Waals surface area contributed by atoms with E-state index in [4.69, 9.17) is 0 Å². The molecule has 0 aliphatic heterocycles. The van der Waals surface area contributed by atoms with Crippen molar-refractivity contribution >= 4 is 5.91 Å². The first-order valence-corrected chi connectivity index (χ1v) is 4.13. The van der Waals surface area contributed by atoms with E-state index in [1.807, 2.05) is 37.3 Å². The average Bonchev–Trinajstić information content (AvgIpc) is 2.18. The van der Waals surface area contributed by atoms with Gasteiger partial charge in [-0.3, -0.25) is 9.63 Å². The highest BCUT2D eigenvalue weighted by atomic mass is 16.6. The molecule has 0 unspecified atom stereocenters. The first-order chi connectivity index (χ1) is 6.25. The quantitative estimate of drug-likeness (QED) is 0.713. The van der Waals surface area contributed by atoms with Gasteiger partial charge in [0, 0.05) is 0 Å². The van der Waals surface area contributed by atoms with Crippen LogP contribution < -0.4 is 5.48 Å². The van der Waals surface area contributed by atoms with Gasteiger partial charge in [-0.05, 0) is 12.5 Å². The van der Waals surface area contributed by atoms with Crippen LogP contribution in [0, 0.1) is 0 Å². The molecule has 0 aliphatic carbocycles. The molecule has 3 nitrogen and oxygen atoms in total. The van der Waals surface area contributed by atoms with E-state index in [0.29, 0.717) is 0 Å². The maximum atomic E-state index is 11.3. The van der Waals surface area contributed by atoms with Crippen molar-refractivity contribution in [2.45, 2.75) is 12.8 Å². The van der Waals surface area contributed by atoms with Crippen LogP contribution in [0.2, 0.25) is 0 Å². The van der Waals surface area contributed by atoms with E-state index in [1.165, 1.54) is 7.11 Å². The van der Waals surface area contributed by atoms with Crippen molar-refractivity contribution < 1.29 is 9.63 Å². The van der Waals surface area contributed by atoms with Gasteiger partial charge in [0.15, 0.2) is 0 Å². The van der Waals surface area contributed by atoms with Gasteiger partial charge in [-0.25, -0.2) is 5.48 Å². The first kappa shape index (κ1) is 9.74. The molecule has 1 rings (SSSR count). The highest BCUT2D eigenvalue weighted by molar-refractivity contribution is 5.82. The Morgan fingerprint density at radius 3 is 2.54 bits per heavy atom. The zero-order chi connectivity index (χ0) is 9.68. The normalized spacial score (nSPS) is 12.2. The lowest BCUT2D eigenvalue weighted by Crippen LogP contribution is -2.26. The Bertz CT molecular complexity index is 272. The van der Waals surface area contributed by atoms with Gasteiger partial charge in [-0.15, -0.1) is 0 Å². The lowest BCUT2D eigenvalue weighted by atomic mass is 10.0. The third-order valence-electron chi connectivity index (χ3n) is 1.90. The zero-order valence-electron chi connectivity index (χ0n) is 7.78. The molecule has 1 aromatic rings. The number of carbonyl (C=O) groups excluding carboxylic acids is 1. The third-order valence-corrected chi connectivity index (χ3v) is 1.90. The number of hydroxylamine groups is 1. The Morgan fingerprint density at radius 2 is 2.00 bits per heavy atom. The van der Waals surface area contributed by atoms with E-state index in [0.717, 1.165) is 5.56 Å². The van der Waals surface area contributed by atoms with Crippen LogP contribution in [-0.4, -0.2) is 13.0 Å². The second-order valence-corrected chi connectivity index (χ2v) is 2.80. The summed E-state index contributed by atoms with van der Waals surface area (Å²) in [6, 6.07) is 9.57. The molecule has 0 saturated carbocycles. The second kappa shape index (κ2) is 4.62. The summed E-state index contributed by atoms with van der Waals surface area (Å²) in [7, 11) is 1.43. The minimum absolute atomic E-state index is 0.131. The number of hydrogen-bond acceptors (Lipinski definition) is 2. The second-order valence-electron chi connectivity index (χ2n) is 2.80. The van der Waals surface area contributed by atoms with Gasteiger partial charge in [-0.2, -0.15) is 0 Å². The topological polar surface area (TPSA) is 38.3 Å². The van der Waals surface area contributed by atoms with Crippen molar-refractivity contribution in [3.63, 3.8) is 0 Å². The van der Waals surface area contributed by atoms with Crippen LogP contribution in [0.4, 0.5) is 0 Å². The van der Waals surface area contributed by atoms with Crippen molar-refractivity contribution in [1.82, 2.24) is 5.48 Å². The summed E-state index contributed by atoms with van der Waals surface area (Å²) in [6.45, 7) is 1.84. The Balaban J connectivity index is 2.68. The predicted octanol–water partition coefficient (Wildman–Crippen LogP) is 1.47. The lowest BCUT2D eigenvalue weighted by Gasteiger charge is -2.10. The average molecular weight is 179 g/mol. The number of nitrogens with one attached hydrogen (secondary N) is 1. The maximum absolute atomic E-state index is 11.3. The van der Waals surface area contributed by atoms with Crippen molar-refractivity contribution in [2.24, 2.45) is 0 Å². The Labute approximate surface area is 77.7 Å². The van der Waals surface area contributed by atoms with E-state index in [2.05, 4.69) is 10.3 Å². The van der Waals surface area contributed by atoms with E-state index >= 15 is 0 Å². The van der Waals surface area contributed by atoms with Gasteiger partial charge in [0.1, 0.15) is 0 Å². The van der Waals surface area contributed by atoms with Crippen LogP contribution in [-0.2, 0) is 9.63 Å². The Kier molecular flexibility index (Phi) is 3.46. The van der Waals surface area contributed by atoms with Crippen LogP contribution in [0.5, 0.6) is 0 Å². The number of carbonyl (C=O) groups is 1. The molecule has 13 heavy (non-hydrogen) atoms. The molecular formula is C10H13NO2. The highest BCUT2D eigenvalue weighted by Crippen LogP contribution is 2.13. The summed E-state index contributed by atoms with van der Waals surface area (Å²) in [4.78, 5) is 15.9. The molecule has 3 heteroatoms. The standard InChI is InChI=1S/C10H13NO2/c1-8(10(12)11-13-2)9-6-4-3-5-7-9/h3-8H,1-2H3,(H,11,12)/t8-/m1/s1. The summed E-state index contributed by atoms with van der Waals surface area (Å²) in [5, 5.41) is 0. The molecule has 1 aromatic carbocycles. The smallest absolute Gasteiger partial charge is 0.250 e. The van der Waals surface area contributed by atoms with Crippen LogP contribution in [0.1, 0.15) is 18.4 Å². The number of amides is 1. The predicted molar refractivity (Wildman–Crippen MR) is 50.0 cm³/mol. The molecule has 70 valence electrons. The van der Waals surface area contributed by atoms with Crippen molar-refractivity contribution in [3.05, 3.63) is 35.9 Å². The molecule has 0 bridgehead atoms. The molecule has 0 saturated heterocycles. The molecule has 0 fully saturated rings. The summed E-state index contributed by atoms with van der Waals surface area (Å²) in [5.41, 5.74) is 3.29. The molecule has 0 spiro atoms. The molecular weight excluding hydrogens is 166 g/mol. The van der Waals surface area contributed by atoms with E-state index in [1.54, 1.807) is 0 Å². The van der Waals surface area contributed by atoms with Gasteiger partial charge in [0.2, 0.25) is 0 Å². The van der Waals surface area contributed by atoms with Crippen LogP contribution >= 0.6 is 0 Å². The minimum atomic E-state index is -0.179. The van der Waals surface area contributed by atoms with E-state index < -0.39 is 0 Å². The van der Waals surface area contributed by atoms with Crippen molar-refractivity contribution in [1.29, 1.82) is 0 Å². The highest BCUT2D eigenvalue weighted by Gasteiger charge is 2.13. The fourth-order valence-electron chi connectivity index (χ4n) is 1.08. The SMILES string of the molecule is CONC(=O)[C@H](C)c1ccccc1. The largest absolute Gasteiger partial charge is 0.277 e. The third kappa shape index (κ3) is 2.56. The molecule has 1 N–H and O–H groups in total. The Morgan fingerprint density at radius 1 is 1.38 bits per heavy atom. The monoisotopic (exact) mass is 179 g/mol. The van der Waals surface area contributed by atoms with Crippen LogP contribution in [0.15, 0.2) is 30.3 Å². The summed E-state index contributed by atoms with van der Waals surface area (Å²) >= 11 is 0. The van der Waals surface area contributed by atoms with Gasteiger partial charge in [0.05, 0.1) is 13.0 Å². The zero-order valence-corrected chi connectivity index (χ0v) is 7.78. The molecule has 1 atom stereocenters. The summed E-state index contributed by atoms with van der Waals surface area (Å²) < 4.78 is 0. The summed E-state index contributed by atoms with van der Waals surface area (Å²) in [5.74, 6) is -0.310. The van der Waals surface area contributed by atoms with E-state index in [9.17, 15) is 4.79 Å². The van der Waals surface area contributed by atoms with Gasteiger partial charge < -0.3 is 0 Å². The number of hydrogen-bond donors (Lipinski definition) is 1. The van der Waals surface area contributed by atoms with Crippen molar-refractivity contribution in [2.75, 3.05) is 7.11 Å². The fraction of sp³-hybridized carbons (Fsp3) is 0.300. The Hall–Kier alpha value is -1.35. The molecule has 1 amide bonds. The minimum Gasteiger partial charge on any atom is -0.277 e. The van der Waals surface area contributed by atoms with Gasteiger partial charge in [0.25, 0.3) is 5.91 Å². The molecule has 0 heterocycles. The van der Waals surface area contributed by atoms with E-state index in [-0.39, 0.29) is 11.8 Å². The number of rotatable bonds is 3. The van der Waals surface area contributed by atoms with Crippen LogP contribution in [0.3, 0.4) is 0 Å². The summed E-state index contributed by atoms with van der Waals surface area (Å²) in [6.07, 6.45) is 0. The van der Waals surface area contributed by atoms with Crippen molar-refractivity contribution in [3.8, 4) is 0 Å². The molecule has 0 radical (unpaired) electrons. The number of benzene rings is 1. The van der Waals surface area contributed by atoms with Crippen LogP contribution in [0.25, 0.3) is 0 Å². The maximum Gasteiger partial charge on any atom is 0.250 e. The molecule has 0 aliphatic rings. The molecule has 0 aromatic heterocycles.